The van der Waals surface area contributed by atoms with Gasteiger partial charge in [0.2, 0.25) is 0 Å². The molecule has 0 atom stereocenters. The van der Waals surface area contributed by atoms with E-state index in [1.54, 1.807) is 31.4 Å². The van der Waals surface area contributed by atoms with Crippen molar-refractivity contribution in [2.75, 3.05) is 33.4 Å². The predicted octanol–water partition coefficient (Wildman–Crippen LogP) is 5.82. The molecule has 214 valence electrons. The number of piperidine rings is 1. The molecule has 2 heterocycles. The number of H-pyrrole nitrogens is 1. The summed E-state index contributed by atoms with van der Waals surface area (Å²) in [4.78, 5) is 28.5. The minimum absolute atomic E-state index is 0.0696. The molecule has 1 aliphatic heterocycles. The lowest BCUT2D eigenvalue weighted by Gasteiger charge is -2.30. The highest BCUT2D eigenvalue weighted by Gasteiger charge is 2.20. The Morgan fingerprint density at radius 3 is 2.44 bits per heavy atom. The van der Waals surface area contributed by atoms with Crippen molar-refractivity contribution in [2.45, 2.75) is 39.2 Å². The van der Waals surface area contributed by atoms with Gasteiger partial charge in [-0.1, -0.05) is 30.3 Å². The van der Waals surface area contributed by atoms with Crippen molar-refractivity contribution in [3.05, 3.63) is 94.5 Å². The van der Waals surface area contributed by atoms with Gasteiger partial charge in [-0.05, 0) is 80.6 Å². The number of benzene rings is 3. The van der Waals surface area contributed by atoms with Crippen LogP contribution in [0.15, 0.2) is 71.7 Å². The third-order valence-electron chi connectivity index (χ3n) is 7.80. The largest absolute Gasteiger partial charge is 0.494 e. The van der Waals surface area contributed by atoms with Gasteiger partial charge >= 0.3 is 0 Å². The Balaban J connectivity index is 1.26. The molecule has 1 aromatic heterocycles. The molecule has 5 rings (SSSR count). The minimum Gasteiger partial charge on any atom is -0.494 e. The van der Waals surface area contributed by atoms with Crippen LogP contribution in [0.1, 0.15) is 51.9 Å². The summed E-state index contributed by atoms with van der Waals surface area (Å²) >= 11 is 0. The van der Waals surface area contributed by atoms with Crippen molar-refractivity contribution in [2.24, 2.45) is 4.99 Å². The van der Waals surface area contributed by atoms with Gasteiger partial charge in [0.15, 0.2) is 5.88 Å². The third-order valence-corrected chi connectivity index (χ3v) is 7.80. The van der Waals surface area contributed by atoms with E-state index >= 15 is 0 Å². The summed E-state index contributed by atoms with van der Waals surface area (Å²) < 4.78 is 5.42. The van der Waals surface area contributed by atoms with Gasteiger partial charge in [0.05, 0.1) is 29.7 Å². The van der Waals surface area contributed by atoms with Gasteiger partial charge in [-0.2, -0.15) is 0 Å². The summed E-state index contributed by atoms with van der Waals surface area (Å²) in [6, 6.07) is 20.9. The first kappa shape index (κ1) is 28.5. The molecule has 8 nitrogen and oxygen atoms in total. The standard InChI is InChI=1S/C33H38N4O4/c1-22-20-28-29(21-23(22)2)35-33(39)30(28)31(24-8-5-4-6-9-24)34-26-12-10-25(11-13-26)32(38)36-41-19-7-16-37-17-14-27(40-3)15-18-37/h4-6,8-13,20-21,27,35,39H,7,14-19H2,1-3H3,(H,36,38). The van der Waals surface area contributed by atoms with Crippen LogP contribution in [0.3, 0.4) is 0 Å². The quantitative estimate of drug-likeness (QED) is 0.130. The van der Waals surface area contributed by atoms with Gasteiger partial charge in [0.25, 0.3) is 5.91 Å². The average molecular weight is 555 g/mol. The van der Waals surface area contributed by atoms with E-state index in [9.17, 15) is 9.90 Å². The van der Waals surface area contributed by atoms with Crippen LogP contribution in [0.25, 0.3) is 10.9 Å². The highest BCUT2D eigenvalue weighted by atomic mass is 16.6. The summed E-state index contributed by atoms with van der Waals surface area (Å²) in [6.45, 7) is 7.56. The second kappa shape index (κ2) is 13.1. The molecule has 0 unspecified atom stereocenters. The molecule has 0 aliphatic carbocycles. The zero-order chi connectivity index (χ0) is 28.8. The monoisotopic (exact) mass is 554 g/mol. The molecule has 1 aliphatic rings. The van der Waals surface area contributed by atoms with E-state index in [1.165, 1.54) is 0 Å². The molecule has 0 bridgehead atoms. The predicted molar refractivity (Wildman–Crippen MR) is 162 cm³/mol. The number of hydrogen-bond donors (Lipinski definition) is 3. The summed E-state index contributed by atoms with van der Waals surface area (Å²) in [6.07, 6.45) is 3.33. The number of aliphatic imine (C=N–C) groups is 1. The molecule has 8 heteroatoms. The summed E-state index contributed by atoms with van der Waals surface area (Å²) in [5.41, 5.74) is 8.99. The maximum absolute atomic E-state index is 12.6. The topological polar surface area (TPSA) is 99.2 Å². The van der Waals surface area contributed by atoms with Gasteiger partial charge in [-0.3, -0.25) is 9.63 Å². The number of methoxy groups -OCH3 is 1. The van der Waals surface area contributed by atoms with Crippen molar-refractivity contribution in [1.82, 2.24) is 15.4 Å². The molecular weight excluding hydrogens is 516 g/mol. The highest BCUT2D eigenvalue weighted by molar-refractivity contribution is 6.22. The zero-order valence-electron chi connectivity index (χ0n) is 23.9. The van der Waals surface area contributed by atoms with Crippen LogP contribution in [0.4, 0.5) is 5.69 Å². The van der Waals surface area contributed by atoms with Crippen molar-refractivity contribution in [3.8, 4) is 5.88 Å². The Morgan fingerprint density at radius 1 is 1.02 bits per heavy atom. The number of ether oxygens (including phenoxy) is 1. The van der Waals surface area contributed by atoms with Gasteiger partial charge in [0.1, 0.15) is 0 Å². The fraction of sp³-hybridized carbons (Fsp3) is 0.333. The molecule has 3 aromatic carbocycles. The van der Waals surface area contributed by atoms with E-state index < -0.39 is 0 Å². The van der Waals surface area contributed by atoms with Crippen LogP contribution in [-0.4, -0.2) is 66.1 Å². The van der Waals surface area contributed by atoms with Crippen LogP contribution < -0.4 is 5.48 Å². The van der Waals surface area contributed by atoms with E-state index in [-0.39, 0.29) is 11.8 Å². The lowest BCUT2D eigenvalue weighted by molar-refractivity contribution is 0.0197. The Bertz CT molecular complexity index is 1500. The minimum atomic E-state index is -0.301. The smallest absolute Gasteiger partial charge is 0.274 e. The second-order valence-corrected chi connectivity index (χ2v) is 10.6. The molecule has 41 heavy (non-hydrogen) atoms. The molecule has 4 aromatic rings. The van der Waals surface area contributed by atoms with E-state index in [0.29, 0.717) is 35.2 Å². The SMILES string of the molecule is COC1CCN(CCCONC(=O)c2ccc(N=C(c3ccccc3)c3c(O)[nH]c4cc(C)c(C)cc34)cc2)CC1. The lowest BCUT2D eigenvalue weighted by atomic mass is 9.98. The number of aromatic amines is 1. The fourth-order valence-electron chi connectivity index (χ4n) is 5.27. The van der Waals surface area contributed by atoms with E-state index in [0.717, 1.165) is 66.5 Å². The molecular formula is C33H38N4O4. The first-order chi connectivity index (χ1) is 19.9. The number of fused-ring (bicyclic) bond motifs is 1. The van der Waals surface area contributed by atoms with Gasteiger partial charge in [0, 0.05) is 48.8 Å². The van der Waals surface area contributed by atoms with Crippen molar-refractivity contribution in [1.29, 1.82) is 0 Å². The van der Waals surface area contributed by atoms with Gasteiger partial charge in [-0.25, -0.2) is 10.5 Å². The van der Waals surface area contributed by atoms with Crippen LogP contribution in [-0.2, 0) is 9.57 Å². The maximum atomic E-state index is 12.6. The van der Waals surface area contributed by atoms with Crippen LogP contribution in [0.2, 0.25) is 0 Å². The number of nitrogens with one attached hydrogen (secondary N) is 2. The number of aromatic hydroxyl groups is 1. The fourth-order valence-corrected chi connectivity index (χ4v) is 5.27. The van der Waals surface area contributed by atoms with Crippen molar-refractivity contribution in [3.63, 3.8) is 0 Å². The first-order valence-electron chi connectivity index (χ1n) is 14.2. The van der Waals surface area contributed by atoms with Gasteiger partial charge < -0.3 is 19.7 Å². The summed E-state index contributed by atoms with van der Waals surface area (Å²) in [5.74, 6) is -0.231. The molecule has 0 spiro atoms. The molecule has 1 fully saturated rings. The Morgan fingerprint density at radius 2 is 1.73 bits per heavy atom. The van der Waals surface area contributed by atoms with Crippen LogP contribution in [0.5, 0.6) is 5.88 Å². The van der Waals surface area contributed by atoms with E-state index in [1.807, 2.05) is 36.4 Å². The molecule has 3 N–H and O–H groups in total. The maximum Gasteiger partial charge on any atom is 0.274 e. The molecule has 0 saturated carbocycles. The number of aromatic nitrogens is 1. The van der Waals surface area contributed by atoms with Gasteiger partial charge in [-0.15, -0.1) is 0 Å². The molecule has 1 amide bonds. The summed E-state index contributed by atoms with van der Waals surface area (Å²) in [7, 11) is 1.78. The Kier molecular flexibility index (Phi) is 9.14. The van der Waals surface area contributed by atoms with E-state index in [4.69, 9.17) is 14.6 Å². The molecule has 1 saturated heterocycles. The number of hydroxylamine groups is 1. The third kappa shape index (κ3) is 6.85. The zero-order valence-corrected chi connectivity index (χ0v) is 23.9. The van der Waals surface area contributed by atoms with Crippen LogP contribution >= 0.6 is 0 Å². The normalized spacial score (nSPS) is 15.0. The Hall–Kier alpha value is -3.98. The number of nitrogens with zero attached hydrogens (tertiary/aromatic N) is 2. The Labute approximate surface area is 241 Å². The summed E-state index contributed by atoms with van der Waals surface area (Å²) in [5, 5.41) is 11.9. The van der Waals surface area contributed by atoms with Crippen molar-refractivity contribution < 1.29 is 19.5 Å². The second-order valence-electron chi connectivity index (χ2n) is 10.6. The number of likely N-dealkylation sites (tertiary alicyclic amines) is 1. The first-order valence-corrected chi connectivity index (χ1v) is 14.2. The number of rotatable bonds is 10. The van der Waals surface area contributed by atoms with Crippen LogP contribution in [0, 0.1) is 13.8 Å². The highest BCUT2D eigenvalue weighted by Crippen LogP contribution is 2.33. The number of carbonyl (C=O) groups excluding carboxylic acids is 1. The number of amides is 1. The average Bonchev–Trinajstić information content (AvgIpc) is 3.30. The lowest BCUT2D eigenvalue weighted by Crippen LogP contribution is -2.37. The number of hydrogen-bond acceptors (Lipinski definition) is 6. The van der Waals surface area contributed by atoms with E-state index in [2.05, 4.69) is 35.3 Å². The number of aryl methyl sites for hydroxylation is 2. The molecule has 0 radical (unpaired) electrons. The van der Waals surface area contributed by atoms with Crippen molar-refractivity contribution >= 4 is 28.2 Å². The number of carbonyl (C=O) groups is 1.